The normalized spacial score (nSPS) is 17.5. The molecular formula is C9H20O3. The van der Waals surface area contributed by atoms with Crippen LogP contribution in [0.15, 0.2) is 0 Å². The van der Waals surface area contributed by atoms with E-state index >= 15 is 0 Å². The first-order valence-electron chi connectivity index (χ1n) is 4.33. The molecule has 0 radical (unpaired) electrons. The van der Waals surface area contributed by atoms with Gasteiger partial charge in [-0.1, -0.05) is 0 Å². The molecule has 0 rings (SSSR count). The Morgan fingerprint density at radius 3 is 2.17 bits per heavy atom. The minimum Gasteiger partial charge on any atom is -0.391 e. The van der Waals surface area contributed by atoms with Crippen LogP contribution in [0, 0.1) is 0 Å². The van der Waals surface area contributed by atoms with Crippen molar-refractivity contribution in [3.8, 4) is 0 Å². The Hall–Kier alpha value is -0.120. The molecule has 0 aromatic carbocycles. The summed E-state index contributed by atoms with van der Waals surface area (Å²) in [4.78, 5) is 0. The summed E-state index contributed by atoms with van der Waals surface area (Å²) in [5.41, 5.74) is -0.696. The van der Waals surface area contributed by atoms with Crippen molar-refractivity contribution >= 4 is 0 Å². The predicted octanol–water partition coefficient (Wildman–Crippen LogP) is 0.933. The Kier molecular flexibility index (Phi) is 4.75. The first kappa shape index (κ1) is 11.9. The molecule has 0 aliphatic heterocycles. The number of hydrogen-bond acceptors (Lipinski definition) is 3. The molecule has 0 saturated carbocycles. The molecule has 12 heavy (non-hydrogen) atoms. The molecular weight excluding hydrogens is 156 g/mol. The van der Waals surface area contributed by atoms with Crippen LogP contribution in [-0.4, -0.2) is 34.6 Å². The number of aliphatic hydroxyl groups is 2. The molecule has 0 fully saturated rings. The Morgan fingerprint density at radius 2 is 1.83 bits per heavy atom. The van der Waals surface area contributed by atoms with E-state index in [1.807, 2.05) is 6.92 Å². The lowest BCUT2D eigenvalue weighted by molar-refractivity contribution is -0.0377. The highest BCUT2D eigenvalue weighted by molar-refractivity contribution is 4.69. The smallest absolute Gasteiger partial charge is 0.0745 e. The van der Waals surface area contributed by atoms with E-state index in [0.717, 1.165) is 0 Å². The quantitative estimate of drug-likeness (QED) is 0.655. The van der Waals surface area contributed by atoms with Crippen molar-refractivity contribution in [2.45, 2.75) is 51.9 Å². The van der Waals surface area contributed by atoms with Gasteiger partial charge in [-0.05, 0) is 27.7 Å². The second-order valence-corrected chi connectivity index (χ2v) is 4.01. The van der Waals surface area contributed by atoms with Crippen LogP contribution in [0.4, 0.5) is 0 Å². The lowest BCUT2D eigenvalue weighted by Gasteiger charge is -2.22. The summed E-state index contributed by atoms with van der Waals surface area (Å²) >= 11 is 0. The minimum absolute atomic E-state index is 0.0143. The van der Waals surface area contributed by atoms with E-state index < -0.39 is 11.7 Å². The van der Waals surface area contributed by atoms with E-state index in [-0.39, 0.29) is 6.10 Å². The van der Waals surface area contributed by atoms with Crippen molar-refractivity contribution in [3.63, 3.8) is 0 Å². The third kappa shape index (κ3) is 7.98. The zero-order chi connectivity index (χ0) is 9.78. The van der Waals surface area contributed by atoms with E-state index in [4.69, 9.17) is 9.84 Å². The SMILES string of the molecule is CC(O)COC(C)CC(C)(C)O. The maximum atomic E-state index is 9.41. The third-order valence-corrected chi connectivity index (χ3v) is 1.41. The molecule has 2 atom stereocenters. The van der Waals surface area contributed by atoms with Crippen LogP contribution in [0.25, 0.3) is 0 Å². The highest BCUT2D eigenvalue weighted by Crippen LogP contribution is 2.12. The fraction of sp³-hybridized carbons (Fsp3) is 1.00. The molecule has 0 bridgehead atoms. The summed E-state index contributed by atoms with van der Waals surface area (Å²) in [7, 11) is 0. The topological polar surface area (TPSA) is 49.7 Å². The summed E-state index contributed by atoms with van der Waals surface area (Å²) in [6.07, 6.45) is 0.133. The van der Waals surface area contributed by atoms with E-state index in [1.165, 1.54) is 0 Å². The average molecular weight is 176 g/mol. The molecule has 3 heteroatoms. The monoisotopic (exact) mass is 176 g/mol. The Labute approximate surface area is 74.4 Å². The molecule has 0 aromatic rings. The third-order valence-electron chi connectivity index (χ3n) is 1.41. The summed E-state index contributed by atoms with van der Waals surface area (Å²) in [6, 6.07) is 0. The number of aliphatic hydroxyl groups excluding tert-OH is 1. The van der Waals surface area contributed by atoms with Crippen molar-refractivity contribution in [3.05, 3.63) is 0 Å². The molecule has 0 aliphatic carbocycles. The molecule has 0 heterocycles. The van der Waals surface area contributed by atoms with Gasteiger partial charge in [-0.2, -0.15) is 0 Å². The summed E-state index contributed by atoms with van der Waals surface area (Å²) in [5, 5.41) is 18.3. The molecule has 0 saturated heterocycles. The van der Waals surface area contributed by atoms with E-state index in [1.54, 1.807) is 20.8 Å². The largest absolute Gasteiger partial charge is 0.391 e. The van der Waals surface area contributed by atoms with Crippen molar-refractivity contribution in [1.29, 1.82) is 0 Å². The first-order chi connectivity index (χ1) is 5.31. The fourth-order valence-electron chi connectivity index (χ4n) is 1.07. The zero-order valence-corrected chi connectivity index (χ0v) is 8.37. The van der Waals surface area contributed by atoms with E-state index in [9.17, 15) is 5.11 Å². The zero-order valence-electron chi connectivity index (χ0n) is 8.37. The van der Waals surface area contributed by atoms with Crippen LogP contribution in [-0.2, 0) is 4.74 Å². The summed E-state index contributed by atoms with van der Waals surface area (Å²) < 4.78 is 5.27. The van der Waals surface area contributed by atoms with Gasteiger partial charge in [0.2, 0.25) is 0 Å². The molecule has 2 N–H and O–H groups in total. The lowest BCUT2D eigenvalue weighted by Crippen LogP contribution is -2.27. The van der Waals surface area contributed by atoms with Gasteiger partial charge in [0.1, 0.15) is 0 Å². The average Bonchev–Trinajstić information content (AvgIpc) is 1.79. The van der Waals surface area contributed by atoms with Gasteiger partial charge in [-0.3, -0.25) is 0 Å². The molecule has 0 spiro atoms. The maximum absolute atomic E-state index is 9.41. The molecule has 2 unspecified atom stereocenters. The maximum Gasteiger partial charge on any atom is 0.0745 e. The van der Waals surface area contributed by atoms with Gasteiger partial charge >= 0.3 is 0 Å². The number of rotatable bonds is 5. The molecule has 3 nitrogen and oxygen atoms in total. The second kappa shape index (κ2) is 4.80. The van der Waals surface area contributed by atoms with Crippen molar-refractivity contribution in [2.75, 3.05) is 6.61 Å². The van der Waals surface area contributed by atoms with Crippen molar-refractivity contribution in [1.82, 2.24) is 0 Å². The number of ether oxygens (including phenoxy) is 1. The highest BCUT2D eigenvalue weighted by atomic mass is 16.5. The van der Waals surface area contributed by atoms with Gasteiger partial charge in [0.05, 0.1) is 24.4 Å². The van der Waals surface area contributed by atoms with Gasteiger partial charge in [0, 0.05) is 6.42 Å². The molecule has 74 valence electrons. The van der Waals surface area contributed by atoms with Gasteiger partial charge in [0.15, 0.2) is 0 Å². The van der Waals surface area contributed by atoms with Gasteiger partial charge < -0.3 is 14.9 Å². The van der Waals surface area contributed by atoms with Crippen molar-refractivity contribution in [2.24, 2.45) is 0 Å². The fourth-order valence-corrected chi connectivity index (χ4v) is 1.07. The predicted molar refractivity (Wildman–Crippen MR) is 48.0 cm³/mol. The Morgan fingerprint density at radius 1 is 1.33 bits per heavy atom. The van der Waals surface area contributed by atoms with E-state index in [2.05, 4.69) is 0 Å². The number of hydrogen-bond donors (Lipinski definition) is 2. The molecule has 0 amide bonds. The van der Waals surface area contributed by atoms with Crippen LogP contribution < -0.4 is 0 Å². The van der Waals surface area contributed by atoms with Crippen LogP contribution in [0.3, 0.4) is 0 Å². The Balaban J connectivity index is 3.53. The van der Waals surface area contributed by atoms with E-state index in [0.29, 0.717) is 13.0 Å². The van der Waals surface area contributed by atoms with Crippen LogP contribution >= 0.6 is 0 Å². The lowest BCUT2D eigenvalue weighted by atomic mass is 10.0. The molecule has 0 aromatic heterocycles. The standard InChI is InChI=1S/C9H20O3/c1-7(10)6-12-8(2)5-9(3,4)11/h7-8,10-11H,5-6H2,1-4H3. The molecule has 0 aliphatic rings. The minimum atomic E-state index is -0.696. The van der Waals surface area contributed by atoms with Gasteiger partial charge in [0.25, 0.3) is 0 Å². The van der Waals surface area contributed by atoms with Crippen LogP contribution in [0.1, 0.15) is 34.1 Å². The first-order valence-corrected chi connectivity index (χ1v) is 4.33. The Bertz CT molecular complexity index is 115. The van der Waals surface area contributed by atoms with Gasteiger partial charge in [-0.15, -0.1) is 0 Å². The van der Waals surface area contributed by atoms with Gasteiger partial charge in [-0.25, -0.2) is 0 Å². The van der Waals surface area contributed by atoms with Crippen molar-refractivity contribution < 1.29 is 14.9 Å². The summed E-state index contributed by atoms with van der Waals surface area (Å²) in [6.45, 7) is 7.39. The van der Waals surface area contributed by atoms with Crippen LogP contribution in [0.2, 0.25) is 0 Å². The summed E-state index contributed by atoms with van der Waals surface area (Å²) in [5.74, 6) is 0. The van der Waals surface area contributed by atoms with Crippen LogP contribution in [0.5, 0.6) is 0 Å². The second-order valence-electron chi connectivity index (χ2n) is 4.01. The highest BCUT2D eigenvalue weighted by Gasteiger charge is 2.17.